The van der Waals surface area contributed by atoms with E-state index in [0.29, 0.717) is 10.5 Å². The molecule has 0 bridgehead atoms. The Morgan fingerprint density at radius 3 is 2.27 bits per heavy atom. The number of non-ortho nitro benzene ring substituents is 1. The molecule has 136 valence electrons. The van der Waals surface area contributed by atoms with Gasteiger partial charge in [0.1, 0.15) is 5.25 Å². The number of esters is 1. The maximum absolute atomic E-state index is 12.1. The fourth-order valence-electron chi connectivity index (χ4n) is 2.16. The van der Waals surface area contributed by atoms with Crippen molar-refractivity contribution in [3.8, 4) is 0 Å². The molecule has 7 heteroatoms. The highest BCUT2D eigenvalue weighted by Gasteiger charge is 2.18. The van der Waals surface area contributed by atoms with Crippen molar-refractivity contribution in [3.63, 3.8) is 0 Å². The van der Waals surface area contributed by atoms with Gasteiger partial charge in [0, 0.05) is 22.6 Å². The van der Waals surface area contributed by atoms with Crippen molar-refractivity contribution in [2.24, 2.45) is 0 Å². The van der Waals surface area contributed by atoms with E-state index in [1.54, 1.807) is 31.2 Å². The van der Waals surface area contributed by atoms with E-state index in [0.717, 1.165) is 12.0 Å². The molecule has 0 spiro atoms. The number of ether oxygens (including phenoxy) is 1. The molecule has 1 atom stereocenters. The van der Waals surface area contributed by atoms with Crippen LogP contribution >= 0.6 is 11.8 Å². The van der Waals surface area contributed by atoms with Gasteiger partial charge in [-0.1, -0.05) is 31.2 Å². The SMILES string of the molecule is CCc1ccc(C(=O)COC(=O)[C@H](C)Sc2ccc([N+](=O)[O-])cc2)cc1. The molecule has 2 rings (SSSR count). The van der Waals surface area contributed by atoms with Gasteiger partial charge in [-0.3, -0.25) is 19.7 Å². The molecule has 0 saturated heterocycles. The number of nitrogens with zero attached hydrogens (tertiary/aromatic N) is 1. The van der Waals surface area contributed by atoms with Gasteiger partial charge in [0.05, 0.1) is 4.92 Å². The van der Waals surface area contributed by atoms with Crippen molar-refractivity contribution in [2.45, 2.75) is 30.4 Å². The van der Waals surface area contributed by atoms with Crippen molar-refractivity contribution in [3.05, 3.63) is 69.8 Å². The molecule has 0 N–H and O–H groups in total. The lowest BCUT2D eigenvalue weighted by Gasteiger charge is -2.11. The van der Waals surface area contributed by atoms with Crippen molar-refractivity contribution in [1.82, 2.24) is 0 Å². The van der Waals surface area contributed by atoms with Crippen LogP contribution in [0.3, 0.4) is 0 Å². The Morgan fingerprint density at radius 2 is 1.73 bits per heavy atom. The number of Topliss-reactive ketones (excluding diaryl/α,β-unsaturated/α-hetero) is 1. The summed E-state index contributed by atoms with van der Waals surface area (Å²) in [6.07, 6.45) is 0.890. The van der Waals surface area contributed by atoms with E-state index in [2.05, 4.69) is 0 Å². The van der Waals surface area contributed by atoms with Gasteiger partial charge in [0.25, 0.3) is 5.69 Å². The minimum absolute atomic E-state index is 0.00994. The van der Waals surface area contributed by atoms with Crippen LogP contribution in [0.4, 0.5) is 5.69 Å². The molecule has 26 heavy (non-hydrogen) atoms. The van der Waals surface area contributed by atoms with Crippen LogP contribution < -0.4 is 0 Å². The minimum Gasteiger partial charge on any atom is -0.456 e. The Bertz CT molecular complexity index is 787. The second kappa shape index (κ2) is 9.15. The summed E-state index contributed by atoms with van der Waals surface area (Å²) in [5, 5.41) is 10.1. The molecule has 0 radical (unpaired) electrons. The normalized spacial score (nSPS) is 11.6. The van der Waals surface area contributed by atoms with Crippen LogP contribution in [0.5, 0.6) is 0 Å². The molecule has 6 nitrogen and oxygen atoms in total. The van der Waals surface area contributed by atoms with Crippen molar-refractivity contribution in [1.29, 1.82) is 0 Å². The average molecular weight is 373 g/mol. The van der Waals surface area contributed by atoms with Gasteiger partial charge in [0.2, 0.25) is 0 Å². The number of aryl methyl sites for hydroxylation is 1. The molecule has 0 saturated carbocycles. The molecule has 0 amide bonds. The molecular weight excluding hydrogens is 354 g/mol. The Balaban J connectivity index is 1.85. The lowest BCUT2D eigenvalue weighted by Crippen LogP contribution is -2.21. The Labute approximate surface area is 155 Å². The van der Waals surface area contributed by atoms with E-state index in [1.165, 1.54) is 23.9 Å². The molecule has 0 aliphatic heterocycles. The van der Waals surface area contributed by atoms with Gasteiger partial charge in [0.15, 0.2) is 12.4 Å². The standard InChI is InChI=1S/C19H19NO5S/c1-3-14-4-6-15(7-5-14)18(21)12-25-19(22)13(2)26-17-10-8-16(9-11-17)20(23)24/h4-11,13H,3,12H2,1-2H3/t13-/m0/s1. The van der Waals surface area contributed by atoms with E-state index in [4.69, 9.17) is 4.74 Å². The lowest BCUT2D eigenvalue weighted by atomic mass is 10.1. The van der Waals surface area contributed by atoms with Gasteiger partial charge in [-0.15, -0.1) is 11.8 Å². The van der Waals surface area contributed by atoms with Gasteiger partial charge in [-0.25, -0.2) is 0 Å². The average Bonchev–Trinajstić information content (AvgIpc) is 2.66. The zero-order valence-corrected chi connectivity index (χ0v) is 15.3. The van der Waals surface area contributed by atoms with Crippen molar-refractivity contribution in [2.75, 3.05) is 6.61 Å². The zero-order chi connectivity index (χ0) is 19.1. The summed E-state index contributed by atoms with van der Waals surface area (Å²) in [4.78, 5) is 35.0. The molecule has 2 aromatic rings. The first-order valence-corrected chi connectivity index (χ1v) is 8.98. The van der Waals surface area contributed by atoms with Crippen LogP contribution in [-0.2, 0) is 16.0 Å². The number of carbonyl (C=O) groups is 2. The largest absolute Gasteiger partial charge is 0.456 e. The monoisotopic (exact) mass is 373 g/mol. The smallest absolute Gasteiger partial charge is 0.319 e. The summed E-state index contributed by atoms with van der Waals surface area (Å²) in [5.41, 5.74) is 1.63. The Morgan fingerprint density at radius 1 is 1.12 bits per heavy atom. The Hall–Kier alpha value is -2.67. The molecule has 2 aromatic carbocycles. The number of thioether (sulfide) groups is 1. The maximum atomic E-state index is 12.1. The van der Waals surface area contributed by atoms with Crippen LogP contribution in [0.15, 0.2) is 53.4 Å². The maximum Gasteiger partial charge on any atom is 0.319 e. The highest BCUT2D eigenvalue weighted by molar-refractivity contribution is 8.00. The van der Waals surface area contributed by atoms with E-state index in [-0.39, 0.29) is 18.1 Å². The van der Waals surface area contributed by atoms with Gasteiger partial charge < -0.3 is 4.74 Å². The first-order valence-electron chi connectivity index (χ1n) is 8.10. The lowest BCUT2D eigenvalue weighted by molar-refractivity contribution is -0.384. The van der Waals surface area contributed by atoms with Crippen LogP contribution in [-0.4, -0.2) is 28.5 Å². The number of hydrogen-bond donors (Lipinski definition) is 0. The fourth-order valence-corrected chi connectivity index (χ4v) is 3.03. The molecular formula is C19H19NO5S. The second-order valence-electron chi connectivity index (χ2n) is 5.59. The predicted octanol–water partition coefficient (Wildman–Crippen LogP) is 4.06. The van der Waals surface area contributed by atoms with Gasteiger partial charge in [-0.2, -0.15) is 0 Å². The van der Waals surface area contributed by atoms with Crippen LogP contribution in [0, 0.1) is 10.1 Å². The van der Waals surface area contributed by atoms with E-state index < -0.39 is 16.1 Å². The molecule has 0 unspecified atom stereocenters. The minimum atomic E-state index is -0.535. The summed E-state index contributed by atoms with van der Waals surface area (Å²) < 4.78 is 5.09. The fraction of sp³-hybridized carbons (Fsp3) is 0.263. The predicted molar refractivity (Wildman–Crippen MR) is 99.5 cm³/mol. The highest BCUT2D eigenvalue weighted by atomic mass is 32.2. The van der Waals surface area contributed by atoms with Crippen LogP contribution in [0.2, 0.25) is 0 Å². The van der Waals surface area contributed by atoms with Gasteiger partial charge >= 0.3 is 5.97 Å². The molecule has 0 fully saturated rings. The van der Waals surface area contributed by atoms with E-state index in [1.807, 2.05) is 19.1 Å². The van der Waals surface area contributed by atoms with E-state index in [9.17, 15) is 19.7 Å². The third kappa shape index (κ3) is 5.42. The summed E-state index contributed by atoms with van der Waals surface area (Å²) in [6.45, 7) is 3.38. The third-order valence-electron chi connectivity index (χ3n) is 3.72. The van der Waals surface area contributed by atoms with Crippen molar-refractivity contribution >= 4 is 29.2 Å². The Kier molecular flexibility index (Phi) is 6.91. The number of ketones is 1. The topological polar surface area (TPSA) is 86.5 Å². The van der Waals surface area contributed by atoms with Crippen molar-refractivity contribution < 1.29 is 19.2 Å². The molecule has 0 heterocycles. The number of rotatable bonds is 8. The first-order chi connectivity index (χ1) is 12.4. The second-order valence-corrected chi connectivity index (χ2v) is 7.01. The first kappa shape index (κ1) is 19.7. The molecule has 0 aliphatic rings. The summed E-state index contributed by atoms with van der Waals surface area (Å²) in [5.74, 6) is -0.763. The third-order valence-corrected chi connectivity index (χ3v) is 4.81. The van der Waals surface area contributed by atoms with Crippen LogP contribution in [0.1, 0.15) is 29.8 Å². The highest BCUT2D eigenvalue weighted by Crippen LogP contribution is 2.26. The zero-order valence-electron chi connectivity index (χ0n) is 14.5. The molecule has 0 aromatic heterocycles. The number of nitro benzene ring substituents is 1. The number of hydrogen-bond acceptors (Lipinski definition) is 6. The summed E-state index contributed by atoms with van der Waals surface area (Å²) in [6, 6.07) is 13.1. The number of nitro groups is 1. The number of benzene rings is 2. The molecule has 0 aliphatic carbocycles. The summed E-state index contributed by atoms with van der Waals surface area (Å²) in [7, 11) is 0. The number of carbonyl (C=O) groups excluding carboxylic acids is 2. The van der Waals surface area contributed by atoms with Crippen LogP contribution in [0.25, 0.3) is 0 Å². The van der Waals surface area contributed by atoms with E-state index >= 15 is 0 Å². The summed E-state index contributed by atoms with van der Waals surface area (Å²) >= 11 is 1.22. The van der Waals surface area contributed by atoms with Gasteiger partial charge in [-0.05, 0) is 31.0 Å². The quantitative estimate of drug-likeness (QED) is 0.228.